The van der Waals surface area contributed by atoms with Crippen molar-refractivity contribution in [2.75, 3.05) is 12.4 Å². The zero-order chi connectivity index (χ0) is 17.0. The quantitative estimate of drug-likeness (QED) is 0.577. The molecule has 0 fully saturated rings. The zero-order valence-corrected chi connectivity index (χ0v) is 15.7. The topological polar surface area (TPSA) is 85.8 Å². The minimum atomic E-state index is -0.299. The van der Waals surface area contributed by atoms with E-state index in [-0.39, 0.29) is 11.2 Å². The van der Waals surface area contributed by atoms with E-state index in [4.69, 9.17) is 5.84 Å². The number of carbonyl (C=O) groups excluding carboxylic acids is 1. The highest BCUT2D eigenvalue weighted by molar-refractivity contribution is 9.10. The van der Waals surface area contributed by atoms with Crippen LogP contribution in [-0.2, 0) is 4.79 Å². The number of amides is 1. The molecule has 1 atom stereocenters. The fourth-order valence-electron chi connectivity index (χ4n) is 1.84. The van der Waals surface area contributed by atoms with E-state index in [1.54, 1.807) is 0 Å². The van der Waals surface area contributed by atoms with Crippen LogP contribution in [-0.4, -0.2) is 32.6 Å². The summed E-state index contributed by atoms with van der Waals surface area (Å²) in [5.41, 5.74) is 0.853. The van der Waals surface area contributed by atoms with Crippen LogP contribution in [0.15, 0.2) is 33.9 Å². The summed E-state index contributed by atoms with van der Waals surface area (Å²) in [6.07, 6.45) is 0. The number of hydrogen-bond donors (Lipinski definition) is 2. The highest BCUT2D eigenvalue weighted by atomic mass is 79.9. The number of thioether (sulfide) groups is 1. The molecule has 1 aromatic heterocycles. The summed E-state index contributed by atoms with van der Waals surface area (Å²) in [6.45, 7) is 6.59. The minimum absolute atomic E-state index is 0.0332. The van der Waals surface area contributed by atoms with Gasteiger partial charge in [-0.3, -0.25) is 4.79 Å². The molecule has 124 valence electrons. The first kappa shape index (κ1) is 17.8. The molecule has 0 spiro atoms. The van der Waals surface area contributed by atoms with Gasteiger partial charge in [0.1, 0.15) is 0 Å². The molecular formula is C15H20BrN5OS. The molecule has 6 nitrogen and oxygen atoms in total. The number of hydrogen-bond acceptors (Lipinski definition) is 5. The number of nitrogens with one attached hydrogen (secondary N) is 1. The number of benzene rings is 1. The molecule has 0 bridgehead atoms. The zero-order valence-electron chi connectivity index (χ0n) is 13.3. The Morgan fingerprint density at radius 2 is 2.04 bits per heavy atom. The Morgan fingerprint density at radius 1 is 1.35 bits per heavy atom. The van der Waals surface area contributed by atoms with Crippen LogP contribution in [0.3, 0.4) is 0 Å². The first-order valence-electron chi connectivity index (χ1n) is 7.30. The van der Waals surface area contributed by atoms with Gasteiger partial charge in [0.2, 0.25) is 11.1 Å². The number of nitrogen functional groups attached to an aromatic ring is 1. The standard InChI is InChI=1S/C15H20BrN5OS/c1-9(2)8-18-14(22)10(3)23-15-20-19-13(21(15)17)11-6-4-5-7-12(11)16/h4-7,9-10H,8,17H2,1-3H3,(H,18,22)/t10-/m1/s1. The van der Waals surface area contributed by atoms with Crippen molar-refractivity contribution in [2.24, 2.45) is 5.92 Å². The number of rotatable bonds is 6. The van der Waals surface area contributed by atoms with Gasteiger partial charge >= 0.3 is 0 Å². The van der Waals surface area contributed by atoms with E-state index >= 15 is 0 Å². The molecule has 1 amide bonds. The van der Waals surface area contributed by atoms with Gasteiger partial charge in [-0.1, -0.05) is 53.7 Å². The first-order chi connectivity index (χ1) is 10.9. The van der Waals surface area contributed by atoms with Gasteiger partial charge < -0.3 is 11.2 Å². The predicted octanol–water partition coefficient (Wildman–Crippen LogP) is 2.67. The van der Waals surface area contributed by atoms with E-state index in [0.29, 0.717) is 23.4 Å². The average Bonchev–Trinajstić information content (AvgIpc) is 2.86. The average molecular weight is 398 g/mol. The molecule has 1 aromatic carbocycles. The second-order valence-electron chi connectivity index (χ2n) is 5.56. The van der Waals surface area contributed by atoms with Crippen LogP contribution in [0.1, 0.15) is 20.8 Å². The Balaban J connectivity index is 2.11. The van der Waals surface area contributed by atoms with Crippen molar-refractivity contribution in [3.05, 3.63) is 28.7 Å². The van der Waals surface area contributed by atoms with Crippen molar-refractivity contribution in [2.45, 2.75) is 31.2 Å². The van der Waals surface area contributed by atoms with Crippen LogP contribution >= 0.6 is 27.7 Å². The van der Waals surface area contributed by atoms with Crippen LogP contribution in [0.25, 0.3) is 11.4 Å². The Labute approximate surface area is 148 Å². The van der Waals surface area contributed by atoms with Crippen LogP contribution in [0.4, 0.5) is 0 Å². The summed E-state index contributed by atoms with van der Waals surface area (Å²) < 4.78 is 2.30. The Bertz CT molecular complexity index is 688. The maximum atomic E-state index is 12.1. The first-order valence-corrected chi connectivity index (χ1v) is 8.97. The van der Waals surface area contributed by atoms with Gasteiger partial charge in [0.25, 0.3) is 0 Å². The van der Waals surface area contributed by atoms with E-state index in [9.17, 15) is 4.79 Å². The molecule has 0 saturated heterocycles. The normalized spacial score (nSPS) is 12.4. The second kappa shape index (κ2) is 7.83. The minimum Gasteiger partial charge on any atom is -0.355 e. The number of carbonyl (C=O) groups is 1. The lowest BCUT2D eigenvalue weighted by Crippen LogP contribution is -2.33. The fourth-order valence-corrected chi connectivity index (χ4v) is 3.10. The number of nitrogens with two attached hydrogens (primary N) is 1. The molecule has 23 heavy (non-hydrogen) atoms. The lowest BCUT2D eigenvalue weighted by atomic mass is 10.2. The molecule has 2 aromatic rings. The Hall–Kier alpha value is -1.54. The van der Waals surface area contributed by atoms with Crippen LogP contribution in [0, 0.1) is 5.92 Å². The number of halogens is 1. The fraction of sp³-hybridized carbons (Fsp3) is 0.400. The summed E-state index contributed by atoms with van der Waals surface area (Å²) in [6, 6.07) is 7.65. The van der Waals surface area contributed by atoms with Crippen LogP contribution in [0.5, 0.6) is 0 Å². The molecule has 0 saturated carbocycles. The van der Waals surface area contributed by atoms with E-state index < -0.39 is 0 Å². The van der Waals surface area contributed by atoms with Crippen molar-refractivity contribution in [1.29, 1.82) is 0 Å². The summed E-state index contributed by atoms with van der Waals surface area (Å²) in [5.74, 6) is 7.02. The lowest BCUT2D eigenvalue weighted by Gasteiger charge is -2.12. The monoisotopic (exact) mass is 397 g/mol. The van der Waals surface area contributed by atoms with Gasteiger partial charge in [0, 0.05) is 16.6 Å². The molecule has 1 heterocycles. The number of nitrogens with zero attached hydrogens (tertiary/aromatic N) is 3. The third-order valence-electron chi connectivity index (χ3n) is 3.12. The third-order valence-corrected chi connectivity index (χ3v) is 4.86. The van der Waals surface area contributed by atoms with Gasteiger partial charge in [-0.15, -0.1) is 10.2 Å². The van der Waals surface area contributed by atoms with Crippen molar-refractivity contribution in [3.8, 4) is 11.4 Å². The van der Waals surface area contributed by atoms with Gasteiger partial charge in [-0.25, -0.2) is 4.68 Å². The molecule has 0 unspecified atom stereocenters. The molecular weight excluding hydrogens is 378 g/mol. The lowest BCUT2D eigenvalue weighted by molar-refractivity contribution is -0.120. The Kier molecular flexibility index (Phi) is 6.06. The predicted molar refractivity (Wildman–Crippen MR) is 96.5 cm³/mol. The molecule has 3 N–H and O–H groups in total. The molecule has 0 radical (unpaired) electrons. The molecule has 0 aliphatic carbocycles. The van der Waals surface area contributed by atoms with E-state index in [1.165, 1.54) is 16.4 Å². The van der Waals surface area contributed by atoms with Gasteiger partial charge in [-0.2, -0.15) is 0 Å². The number of aromatic nitrogens is 3. The van der Waals surface area contributed by atoms with E-state index in [1.807, 2.05) is 31.2 Å². The van der Waals surface area contributed by atoms with Crippen LogP contribution < -0.4 is 11.2 Å². The smallest absolute Gasteiger partial charge is 0.233 e. The van der Waals surface area contributed by atoms with Gasteiger partial charge in [-0.05, 0) is 25.0 Å². The Morgan fingerprint density at radius 3 is 2.70 bits per heavy atom. The van der Waals surface area contributed by atoms with Crippen LogP contribution in [0.2, 0.25) is 0 Å². The van der Waals surface area contributed by atoms with Crippen molar-refractivity contribution >= 4 is 33.6 Å². The highest BCUT2D eigenvalue weighted by Gasteiger charge is 2.20. The van der Waals surface area contributed by atoms with Crippen molar-refractivity contribution in [3.63, 3.8) is 0 Å². The van der Waals surface area contributed by atoms with E-state index in [2.05, 4.69) is 45.3 Å². The molecule has 2 rings (SSSR count). The summed E-state index contributed by atoms with van der Waals surface area (Å²) in [5, 5.41) is 11.3. The second-order valence-corrected chi connectivity index (χ2v) is 7.72. The summed E-state index contributed by atoms with van der Waals surface area (Å²) in [7, 11) is 0. The third kappa shape index (κ3) is 4.48. The summed E-state index contributed by atoms with van der Waals surface area (Å²) >= 11 is 4.77. The molecule has 0 aliphatic heterocycles. The SMILES string of the molecule is CC(C)CNC(=O)[C@@H](C)Sc1nnc(-c2ccccc2Br)n1N. The maximum Gasteiger partial charge on any atom is 0.233 e. The van der Waals surface area contributed by atoms with Gasteiger partial charge in [0.15, 0.2) is 5.82 Å². The maximum absolute atomic E-state index is 12.1. The van der Waals surface area contributed by atoms with E-state index in [0.717, 1.165) is 10.0 Å². The molecule has 0 aliphatic rings. The van der Waals surface area contributed by atoms with Gasteiger partial charge in [0.05, 0.1) is 5.25 Å². The van der Waals surface area contributed by atoms with Crippen molar-refractivity contribution < 1.29 is 4.79 Å². The highest BCUT2D eigenvalue weighted by Crippen LogP contribution is 2.29. The largest absolute Gasteiger partial charge is 0.355 e. The summed E-state index contributed by atoms with van der Waals surface area (Å²) in [4.78, 5) is 12.1. The molecule has 8 heteroatoms. The van der Waals surface area contributed by atoms with Crippen molar-refractivity contribution in [1.82, 2.24) is 20.2 Å².